The van der Waals surface area contributed by atoms with Gasteiger partial charge in [0.2, 0.25) is 0 Å². The molecule has 0 spiro atoms. The Morgan fingerprint density at radius 1 is 1.34 bits per heavy atom. The lowest BCUT2D eigenvalue weighted by Gasteiger charge is -2.15. The fraction of sp³-hybridized carbons (Fsp3) is 0.360. The van der Waals surface area contributed by atoms with Crippen molar-refractivity contribution < 1.29 is 13.2 Å². The zero-order chi connectivity index (χ0) is 24.1. The van der Waals surface area contributed by atoms with Gasteiger partial charge >= 0.3 is 0 Å². The molecule has 174 valence electrons. The quantitative estimate of drug-likeness (QED) is 0.302. The van der Waals surface area contributed by atoms with Crippen LogP contribution in [0.4, 0.5) is 13.2 Å². The molecule has 1 atom stereocenters. The Balaban J connectivity index is 3.09. The second-order valence-electron chi connectivity index (χ2n) is 7.43. The molecule has 1 rings (SSSR count). The van der Waals surface area contributed by atoms with Crippen molar-refractivity contribution in [2.24, 2.45) is 10.9 Å². The highest BCUT2D eigenvalue weighted by Gasteiger charge is 2.16. The van der Waals surface area contributed by atoms with Crippen LogP contribution in [0, 0.1) is 5.92 Å². The van der Waals surface area contributed by atoms with Gasteiger partial charge in [0.15, 0.2) is 0 Å². The van der Waals surface area contributed by atoms with Crippen LogP contribution in [0.15, 0.2) is 60.6 Å². The third-order valence-corrected chi connectivity index (χ3v) is 4.63. The predicted octanol–water partition coefficient (Wildman–Crippen LogP) is 7.12. The number of aliphatic imine (C=N–C) groups is 1. The van der Waals surface area contributed by atoms with Crippen LogP contribution in [0.1, 0.15) is 51.3 Å². The second kappa shape index (κ2) is 14.1. The van der Waals surface area contributed by atoms with E-state index in [0.29, 0.717) is 30.2 Å². The lowest BCUT2D eigenvalue weighted by molar-refractivity contribution is 0.443. The summed E-state index contributed by atoms with van der Waals surface area (Å²) in [5.41, 5.74) is 1.82. The first kappa shape index (κ1) is 26.9. The van der Waals surface area contributed by atoms with Gasteiger partial charge in [-0.25, -0.2) is 18.2 Å². The Morgan fingerprint density at radius 2 is 2.06 bits per heavy atom. The lowest BCUT2D eigenvalue weighted by atomic mass is 10.1. The van der Waals surface area contributed by atoms with Crippen molar-refractivity contribution in [3.63, 3.8) is 0 Å². The van der Waals surface area contributed by atoms with Gasteiger partial charge in [0, 0.05) is 30.7 Å². The third kappa shape index (κ3) is 8.57. The average molecular weight is 447 g/mol. The Labute approximate surface area is 189 Å². The number of rotatable bonds is 13. The van der Waals surface area contributed by atoms with E-state index in [1.165, 1.54) is 23.8 Å². The molecule has 32 heavy (non-hydrogen) atoms. The van der Waals surface area contributed by atoms with Crippen molar-refractivity contribution in [3.8, 4) is 0 Å². The van der Waals surface area contributed by atoms with E-state index in [-0.39, 0.29) is 17.9 Å². The summed E-state index contributed by atoms with van der Waals surface area (Å²) < 4.78 is 40.9. The number of alkyl halides is 1. The van der Waals surface area contributed by atoms with Crippen LogP contribution in [0.5, 0.6) is 0 Å². The van der Waals surface area contributed by atoms with Gasteiger partial charge in [-0.05, 0) is 43.7 Å². The first-order valence-corrected chi connectivity index (χ1v) is 10.5. The zero-order valence-electron chi connectivity index (χ0n) is 19.4. The SMILES string of the molecule is C=CN(/C=C\C(C)CC)C/C(C)=C/N=CC(=C)c1nc(/C=C/F)c(/C=C(\C)F)n1CCF. The minimum Gasteiger partial charge on any atom is -0.351 e. The smallest absolute Gasteiger partial charge is 0.142 e. The molecule has 1 aromatic heterocycles. The summed E-state index contributed by atoms with van der Waals surface area (Å²) in [5.74, 6) is 0.272. The number of aromatic nitrogens is 2. The minimum absolute atomic E-state index is 0.0693. The summed E-state index contributed by atoms with van der Waals surface area (Å²) >= 11 is 0. The van der Waals surface area contributed by atoms with E-state index in [2.05, 4.69) is 43.1 Å². The van der Waals surface area contributed by atoms with Crippen LogP contribution in [-0.2, 0) is 6.54 Å². The summed E-state index contributed by atoms with van der Waals surface area (Å²) in [6.07, 6.45) is 12.7. The number of allylic oxidation sites excluding steroid dienone is 3. The van der Waals surface area contributed by atoms with Crippen LogP contribution in [0.2, 0.25) is 0 Å². The van der Waals surface area contributed by atoms with Crippen LogP contribution in [0.25, 0.3) is 17.7 Å². The number of nitrogens with zero attached hydrogens (tertiary/aromatic N) is 4. The molecule has 1 unspecified atom stereocenters. The molecule has 1 aromatic rings. The fourth-order valence-electron chi connectivity index (χ4n) is 2.78. The number of imidazole rings is 1. The lowest BCUT2D eigenvalue weighted by Crippen LogP contribution is -2.12. The Morgan fingerprint density at radius 3 is 2.62 bits per heavy atom. The summed E-state index contributed by atoms with van der Waals surface area (Å²) in [6, 6.07) is 0. The molecule has 0 amide bonds. The minimum atomic E-state index is -0.695. The molecule has 7 heteroatoms. The molecule has 0 saturated heterocycles. The summed E-state index contributed by atoms with van der Waals surface area (Å²) in [7, 11) is 0. The normalized spacial score (nSPS) is 14.1. The standard InChI is InChI=1S/C25H33F3N4/c1-7-19(3)10-13-31(8-2)18-20(4)16-29-17-21(5)25-30-23(9-11-26)24(15-22(6)28)32(25)14-12-27/h8-11,13,15-17,19H,2,5,7,12,14,18H2,1,3-4,6H3/b11-9+,13-10-,20-16+,22-15+,29-17?. The molecule has 0 fully saturated rings. The van der Waals surface area contributed by atoms with Gasteiger partial charge in [-0.1, -0.05) is 39.5 Å². The molecular weight excluding hydrogens is 413 g/mol. The number of hydrogen-bond donors (Lipinski definition) is 0. The van der Waals surface area contributed by atoms with Crippen molar-refractivity contribution in [2.75, 3.05) is 13.2 Å². The van der Waals surface area contributed by atoms with E-state index in [0.717, 1.165) is 18.1 Å². The Hall–Kier alpha value is -3.09. The van der Waals surface area contributed by atoms with Gasteiger partial charge in [0.25, 0.3) is 0 Å². The van der Waals surface area contributed by atoms with Crippen molar-refractivity contribution in [1.82, 2.24) is 14.5 Å². The molecule has 4 nitrogen and oxygen atoms in total. The Kier molecular flexibility index (Phi) is 11.8. The van der Waals surface area contributed by atoms with Gasteiger partial charge in [-0.3, -0.25) is 4.99 Å². The van der Waals surface area contributed by atoms with E-state index in [9.17, 15) is 13.2 Å². The fourth-order valence-corrected chi connectivity index (χ4v) is 2.78. The molecule has 0 aliphatic rings. The zero-order valence-corrected chi connectivity index (χ0v) is 19.4. The van der Waals surface area contributed by atoms with Crippen molar-refractivity contribution in [3.05, 3.63) is 72.8 Å². The highest BCUT2D eigenvalue weighted by Crippen LogP contribution is 2.22. The first-order chi connectivity index (χ1) is 15.3. The topological polar surface area (TPSA) is 33.4 Å². The summed E-state index contributed by atoms with van der Waals surface area (Å²) in [5, 5.41) is 0. The van der Waals surface area contributed by atoms with Gasteiger partial charge in [-0.15, -0.1) is 0 Å². The molecule has 0 N–H and O–H groups in total. The molecular formula is C25H33F3N4. The molecule has 0 aliphatic heterocycles. The van der Waals surface area contributed by atoms with Crippen LogP contribution < -0.4 is 0 Å². The predicted molar refractivity (Wildman–Crippen MR) is 130 cm³/mol. The highest BCUT2D eigenvalue weighted by molar-refractivity contribution is 6.07. The largest absolute Gasteiger partial charge is 0.351 e. The van der Waals surface area contributed by atoms with Crippen molar-refractivity contribution in [1.29, 1.82) is 0 Å². The molecule has 0 radical (unpaired) electrons. The summed E-state index contributed by atoms with van der Waals surface area (Å²) in [6.45, 7) is 15.1. The maximum Gasteiger partial charge on any atom is 0.142 e. The van der Waals surface area contributed by atoms with Gasteiger partial charge in [0.1, 0.15) is 12.5 Å². The monoisotopic (exact) mass is 446 g/mol. The van der Waals surface area contributed by atoms with Crippen LogP contribution >= 0.6 is 0 Å². The van der Waals surface area contributed by atoms with E-state index in [4.69, 9.17) is 0 Å². The van der Waals surface area contributed by atoms with Gasteiger partial charge in [0.05, 0.1) is 30.1 Å². The highest BCUT2D eigenvalue weighted by atomic mass is 19.1. The molecule has 0 aromatic carbocycles. The van der Waals surface area contributed by atoms with E-state index in [1.807, 2.05) is 18.0 Å². The molecule has 0 bridgehead atoms. The van der Waals surface area contributed by atoms with E-state index in [1.54, 1.807) is 12.4 Å². The number of hydrogen-bond acceptors (Lipinski definition) is 3. The Bertz CT molecular complexity index is 916. The van der Waals surface area contributed by atoms with Crippen molar-refractivity contribution >= 4 is 23.9 Å². The number of halogens is 3. The average Bonchev–Trinajstić information content (AvgIpc) is 3.07. The molecule has 1 heterocycles. The third-order valence-electron chi connectivity index (χ3n) is 4.63. The van der Waals surface area contributed by atoms with Gasteiger partial charge < -0.3 is 9.47 Å². The van der Waals surface area contributed by atoms with Crippen molar-refractivity contribution in [2.45, 2.75) is 40.7 Å². The summed E-state index contributed by atoms with van der Waals surface area (Å²) in [4.78, 5) is 10.6. The van der Waals surface area contributed by atoms with Crippen LogP contribution in [-0.4, -0.2) is 33.9 Å². The van der Waals surface area contributed by atoms with E-state index >= 15 is 0 Å². The molecule has 0 saturated carbocycles. The first-order valence-electron chi connectivity index (χ1n) is 10.5. The van der Waals surface area contributed by atoms with E-state index < -0.39 is 12.5 Å². The van der Waals surface area contributed by atoms with Crippen LogP contribution in [0.3, 0.4) is 0 Å². The van der Waals surface area contributed by atoms with Gasteiger partial charge in [-0.2, -0.15) is 0 Å². The second-order valence-corrected chi connectivity index (χ2v) is 7.43. The maximum atomic E-state index is 13.5. The maximum absolute atomic E-state index is 13.5. The molecule has 0 aliphatic carbocycles.